The predicted octanol–water partition coefficient (Wildman–Crippen LogP) is 2.57. The molecule has 2 aliphatic rings. The van der Waals surface area contributed by atoms with Crippen molar-refractivity contribution in [3.05, 3.63) is 29.6 Å². The summed E-state index contributed by atoms with van der Waals surface area (Å²) in [4.78, 5) is 35.8. The summed E-state index contributed by atoms with van der Waals surface area (Å²) in [6, 6.07) is 5.30. The number of imidazole rings is 1. The molecule has 4 heterocycles. The van der Waals surface area contributed by atoms with Gasteiger partial charge in [-0.15, -0.1) is 11.6 Å². The van der Waals surface area contributed by atoms with Crippen molar-refractivity contribution in [1.82, 2.24) is 29.4 Å². The number of rotatable bonds is 6. The summed E-state index contributed by atoms with van der Waals surface area (Å²) in [6.45, 7) is 5.11. The average Bonchev–Trinajstić information content (AvgIpc) is 3.54. The largest absolute Gasteiger partial charge is 0.378 e. The van der Waals surface area contributed by atoms with Crippen LogP contribution >= 0.6 is 11.6 Å². The maximum Gasteiger partial charge on any atom is 0.296 e. The van der Waals surface area contributed by atoms with Crippen molar-refractivity contribution in [2.75, 3.05) is 62.1 Å². The van der Waals surface area contributed by atoms with Crippen LogP contribution in [0.2, 0.25) is 0 Å². The summed E-state index contributed by atoms with van der Waals surface area (Å²) in [7, 11) is 1.73. The van der Waals surface area contributed by atoms with E-state index in [9.17, 15) is 13.6 Å². The second-order valence-electron chi connectivity index (χ2n) is 8.91. The Bertz CT molecular complexity index is 1270. The molecule has 0 radical (unpaired) electrons. The summed E-state index contributed by atoms with van der Waals surface area (Å²) in [5.41, 5.74) is 1.76. The van der Waals surface area contributed by atoms with E-state index in [1.807, 2.05) is 22.8 Å². The molecule has 2 saturated heterocycles. The molecule has 1 aromatic carbocycles. The summed E-state index contributed by atoms with van der Waals surface area (Å²) in [5.74, 6) is 0.172. The molecule has 13 heteroatoms. The number of aromatic nitrogens is 5. The molecule has 2 fully saturated rings. The van der Waals surface area contributed by atoms with E-state index in [2.05, 4.69) is 15.0 Å². The number of hydrogen-bond acceptors (Lipinski definition) is 8. The van der Waals surface area contributed by atoms with Crippen LogP contribution in [0.15, 0.2) is 18.2 Å². The van der Waals surface area contributed by atoms with Gasteiger partial charge in [-0.3, -0.25) is 9.36 Å². The SMILES string of the molecule is Cc1cccc2c1nc(C(F)F)n2-c1nc(N2CCOCC2)nc(N2CC[C@@H](N(C)C(=O)CCl)C2)n1. The molecule has 0 saturated carbocycles. The molecule has 0 aliphatic carbocycles. The normalized spacial score (nSPS) is 18.4. The highest BCUT2D eigenvalue weighted by atomic mass is 35.5. The van der Waals surface area contributed by atoms with Crippen LogP contribution in [-0.4, -0.2) is 93.7 Å². The van der Waals surface area contributed by atoms with E-state index in [-0.39, 0.29) is 23.8 Å². The number of nitrogens with zero attached hydrogens (tertiary/aromatic N) is 8. The Morgan fingerprint density at radius 2 is 1.81 bits per heavy atom. The fourth-order valence-electron chi connectivity index (χ4n) is 4.64. The molecule has 3 aromatic rings. The predicted molar refractivity (Wildman–Crippen MR) is 131 cm³/mol. The third-order valence-corrected chi connectivity index (χ3v) is 6.93. The van der Waals surface area contributed by atoms with Crippen LogP contribution in [0, 0.1) is 6.92 Å². The number of morpholine rings is 1. The Morgan fingerprint density at radius 1 is 1.11 bits per heavy atom. The van der Waals surface area contributed by atoms with E-state index in [1.165, 1.54) is 4.57 Å². The van der Waals surface area contributed by atoms with Crippen molar-refractivity contribution >= 4 is 40.4 Å². The first-order valence-corrected chi connectivity index (χ1v) is 12.3. The molecule has 192 valence electrons. The van der Waals surface area contributed by atoms with E-state index < -0.39 is 12.2 Å². The molecule has 0 bridgehead atoms. The Kier molecular flexibility index (Phi) is 6.89. The lowest BCUT2D eigenvalue weighted by molar-refractivity contribution is -0.128. The lowest BCUT2D eigenvalue weighted by Gasteiger charge is -2.28. The summed E-state index contributed by atoms with van der Waals surface area (Å²) in [5, 5.41) is 0. The zero-order valence-electron chi connectivity index (χ0n) is 20.1. The van der Waals surface area contributed by atoms with E-state index in [4.69, 9.17) is 21.3 Å². The molecule has 1 atom stereocenters. The number of amides is 1. The number of hydrogen-bond donors (Lipinski definition) is 0. The first-order valence-electron chi connectivity index (χ1n) is 11.8. The first kappa shape index (κ1) is 24.6. The van der Waals surface area contributed by atoms with Gasteiger partial charge in [-0.1, -0.05) is 12.1 Å². The Balaban J connectivity index is 1.60. The van der Waals surface area contributed by atoms with Gasteiger partial charge in [-0.2, -0.15) is 15.0 Å². The molecule has 2 aliphatic heterocycles. The number of anilines is 2. The molecule has 0 N–H and O–H groups in total. The van der Waals surface area contributed by atoms with Crippen LogP contribution < -0.4 is 9.80 Å². The molecular weight excluding hydrogens is 494 g/mol. The summed E-state index contributed by atoms with van der Waals surface area (Å²) >= 11 is 5.74. The van der Waals surface area contributed by atoms with Gasteiger partial charge < -0.3 is 19.4 Å². The highest BCUT2D eigenvalue weighted by Gasteiger charge is 2.31. The second kappa shape index (κ2) is 10.1. The van der Waals surface area contributed by atoms with Crippen molar-refractivity contribution in [1.29, 1.82) is 0 Å². The molecule has 1 amide bonds. The number of carbonyl (C=O) groups excluding carboxylic acids is 1. The van der Waals surface area contributed by atoms with Gasteiger partial charge in [0.05, 0.1) is 30.3 Å². The number of carbonyl (C=O) groups is 1. The topological polar surface area (TPSA) is 92.5 Å². The van der Waals surface area contributed by atoms with Gasteiger partial charge in [-0.05, 0) is 25.0 Å². The third-order valence-electron chi connectivity index (χ3n) is 6.70. The fourth-order valence-corrected chi connectivity index (χ4v) is 4.83. The smallest absolute Gasteiger partial charge is 0.296 e. The summed E-state index contributed by atoms with van der Waals surface area (Å²) < 4.78 is 35.1. The molecule has 0 spiro atoms. The number of fused-ring (bicyclic) bond motifs is 1. The highest BCUT2D eigenvalue weighted by molar-refractivity contribution is 6.27. The van der Waals surface area contributed by atoms with E-state index in [0.717, 1.165) is 5.56 Å². The molecule has 0 unspecified atom stereocenters. The van der Waals surface area contributed by atoms with E-state index in [1.54, 1.807) is 24.1 Å². The standard InChI is InChI=1S/C23H27ClF2N8O2/c1-14-4-3-5-16-18(14)27-20(19(25)26)34(16)23-29-21(32-8-10-36-11-9-32)28-22(30-23)33-7-6-15(13-33)31(2)17(35)12-24/h3-5,15,19H,6-13H2,1-2H3/t15-/m1/s1. The number of para-hydroxylation sites is 1. The lowest BCUT2D eigenvalue weighted by Crippen LogP contribution is -2.40. The minimum absolute atomic E-state index is 0.0587. The molecule has 36 heavy (non-hydrogen) atoms. The Hall–Kier alpha value is -3.12. The Morgan fingerprint density at radius 3 is 2.50 bits per heavy atom. The van der Waals surface area contributed by atoms with E-state index in [0.29, 0.717) is 68.7 Å². The van der Waals surface area contributed by atoms with Gasteiger partial charge in [-0.25, -0.2) is 13.8 Å². The highest BCUT2D eigenvalue weighted by Crippen LogP contribution is 2.30. The van der Waals surface area contributed by atoms with Crippen LogP contribution in [0.4, 0.5) is 20.7 Å². The second-order valence-corrected chi connectivity index (χ2v) is 9.18. The van der Waals surface area contributed by atoms with Crippen LogP contribution in [0.3, 0.4) is 0 Å². The maximum atomic E-state index is 14.1. The average molecular weight is 521 g/mol. The third kappa shape index (κ3) is 4.55. The maximum absolute atomic E-state index is 14.1. The van der Waals surface area contributed by atoms with Crippen molar-refractivity contribution < 1.29 is 18.3 Å². The number of likely N-dealkylation sites (N-methyl/N-ethyl adjacent to an activating group) is 1. The quantitative estimate of drug-likeness (QED) is 0.458. The number of benzene rings is 1. The van der Waals surface area contributed by atoms with Crippen molar-refractivity contribution in [2.45, 2.75) is 25.8 Å². The molecule has 2 aromatic heterocycles. The van der Waals surface area contributed by atoms with Crippen LogP contribution in [0.5, 0.6) is 0 Å². The number of halogens is 3. The van der Waals surface area contributed by atoms with Crippen molar-refractivity contribution in [2.24, 2.45) is 0 Å². The van der Waals surface area contributed by atoms with Crippen LogP contribution in [0.25, 0.3) is 17.0 Å². The number of alkyl halides is 3. The van der Waals surface area contributed by atoms with Gasteiger partial charge >= 0.3 is 0 Å². The zero-order chi connectivity index (χ0) is 25.4. The number of ether oxygens (including phenoxy) is 1. The minimum atomic E-state index is -2.82. The summed E-state index contributed by atoms with van der Waals surface area (Å²) in [6.07, 6.45) is -2.11. The fraction of sp³-hybridized carbons (Fsp3) is 0.522. The minimum Gasteiger partial charge on any atom is -0.378 e. The van der Waals surface area contributed by atoms with Gasteiger partial charge in [0.2, 0.25) is 23.8 Å². The Labute approximate surface area is 211 Å². The molecule has 5 rings (SSSR count). The number of aryl methyl sites for hydroxylation is 1. The van der Waals surface area contributed by atoms with Crippen LogP contribution in [0.1, 0.15) is 24.2 Å². The zero-order valence-corrected chi connectivity index (χ0v) is 20.8. The first-order chi connectivity index (χ1) is 17.4. The lowest BCUT2D eigenvalue weighted by atomic mass is 10.2. The monoisotopic (exact) mass is 520 g/mol. The van der Waals surface area contributed by atoms with Crippen molar-refractivity contribution in [3.63, 3.8) is 0 Å². The van der Waals surface area contributed by atoms with Gasteiger partial charge in [0, 0.05) is 33.2 Å². The van der Waals surface area contributed by atoms with E-state index >= 15 is 0 Å². The van der Waals surface area contributed by atoms with Crippen molar-refractivity contribution in [3.8, 4) is 5.95 Å². The van der Waals surface area contributed by atoms with Gasteiger partial charge in [0.1, 0.15) is 5.88 Å². The molecule has 10 nitrogen and oxygen atoms in total. The van der Waals surface area contributed by atoms with Gasteiger partial charge in [0.25, 0.3) is 6.43 Å². The van der Waals surface area contributed by atoms with Crippen LogP contribution in [-0.2, 0) is 9.53 Å². The van der Waals surface area contributed by atoms with Gasteiger partial charge in [0.15, 0.2) is 5.82 Å². The molecular formula is C23H27ClF2N8O2.